The number of carbonyl (C=O) groups is 2. The first-order chi connectivity index (χ1) is 12.1. The standard InChI is InChI=1S/C15H11ClN4O2S3/c16-9-3-5-10(6-4-9)17-12(21)8-24-15-20-19-14(25-15)18-13(22)11-2-1-7-23-11/h1-7H,8H2,(H,17,21)(H,18,19,22). The van der Waals surface area contributed by atoms with E-state index in [4.69, 9.17) is 11.6 Å². The minimum Gasteiger partial charge on any atom is -0.325 e. The smallest absolute Gasteiger partial charge is 0.267 e. The molecule has 0 radical (unpaired) electrons. The third-order valence-electron chi connectivity index (χ3n) is 2.83. The van der Waals surface area contributed by atoms with E-state index in [0.29, 0.717) is 25.1 Å². The van der Waals surface area contributed by atoms with Crippen LogP contribution >= 0.6 is 46.0 Å². The second-order valence-electron chi connectivity index (χ2n) is 4.65. The molecule has 3 aromatic rings. The van der Waals surface area contributed by atoms with Gasteiger partial charge in [0.1, 0.15) is 0 Å². The van der Waals surface area contributed by atoms with E-state index in [1.807, 2.05) is 5.38 Å². The largest absolute Gasteiger partial charge is 0.325 e. The average Bonchev–Trinajstić information content (AvgIpc) is 3.27. The highest BCUT2D eigenvalue weighted by molar-refractivity contribution is 8.01. The Kier molecular flexibility index (Phi) is 6.03. The molecular weight excluding hydrogens is 400 g/mol. The van der Waals surface area contributed by atoms with Crippen molar-refractivity contribution in [3.63, 3.8) is 0 Å². The molecule has 2 N–H and O–H groups in total. The third kappa shape index (κ3) is 5.27. The molecule has 6 nitrogen and oxygen atoms in total. The molecule has 25 heavy (non-hydrogen) atoms. The van der Waals surface area contributed by atoms with Crippen LogP contribution in [0.5, 0.6) is 0 Å². The van der Waals surface area contributed by atoms with Gasteiger partial charge < -0.3 is 5.32 Å². The van der Waals surface area contributed by atoms with E-state index in [1.165, 1.54) is 34.4 Å². The highest BCUT2D eigenvalue weighted by atomic mass is 35.5. The van der Waals surface area contributed by atoms with Gasteiger partial charge in [-0.15, -0.1) is 21.5 Å². The number of thioether (sulfide) groups is 1. The maximum atomic E-state index is 11.9. The number of benzene rings is 1. The molecule has 0 aliphatic rings. The second-order valence-corrected chi connectivity index (χ2v) is 8.23. The van der Waals surface area contributed by atoms with Crippen molar-refractivity contribution in [1.82, 2.24) is 10.2 Å². The van der Waals surface area contributed by atoms with Crippen LogP contribution in [0.2, 0.25) is 5.02 Å². The van der Waals surface area contributed by atoms with Crippen molar-refractivity contribution in [2.75, 3.05) is 16.4 Å². The molecule has 2 amide bonds. The summed E-state index contributed by atoms with van der Waals surface area (Å²) in [5.41, 5.74) is 0.677. The zero-order valence-electron chi connectivity index (χ0n) is 12.6. The highest BCUT2D eigenvalue weighted by Crippen LogP contribution is 2.26. The number of amides is 2. The number of nitrogens with zero attached hydrogens (tertiary/aromatic N) is 2. The van der Waals surface area contributed by atoms with Gasteiger partial charge in [-0.25, -0.2) is 0 Å². The molecule has 0 atom stereocenters. The van der Waals surface area contributed by atoms with Crippen LogP contribution in [0, 0.1) is 0 Å². The van der Waals surface area contributed by atoms with Crippen molar-refractivity contribution in [2.45, 2.75) is 4.34 Å². The van der Waals surface area contributed by atoms with E-state index in [9.17, 15) is 9.59 Å². The molecule has 0 bridgehead atoms. The van der Waals surface area contributed by atoms with Gasteiger partial charge in [0.2, 0.25) is 11.0 Å². The topological polar surface area (TPSA) is 84.0 Å². The molecule has 3 rings (SSSR count). The van der Waals surface area contributed by atoms with Gasteiger partial charge in [-0.05, 0) is 35.7 Å². The van der Waals surface area contributed by atoms with Crippen LogP contribution in [0.3, 0.4) is 0 Å². The van der Waals surface area contributed by atoms with Crippen molar-refractivity contribution in [1.29, 1.82) is 0 Å². The van der Waals surface area contributed by atoms with Crippen molar-refractivity contribution >= 4 is 68.7 Å². The van der Waals surface area contributed by atoms with Gasteiger partial charge in [-0.3, -0.25) is 14.9 Å². The summed E-state index contributed by atoms with van der Waals surface area (Å²) in [7, 11) is 0. The minimum atomic E-state index is -0.219. The summed E-state index contributed by atoms with van der Waals surface area (Å²) in [6, 6.07) is 10.4. The Bertz CT molecular complexity index is 865. The first-order valence-corrected chi connectivity index (χ1v) is 10.0. The normalized spacial score (nSPS) is 10.4. The number of thiophene rings is 1. The quantitative estimate of drug-likeness (QED) is 0.469. The predicted octanol–water partition coefficient (Wildman–Crippen LogP) is 4.24. The molecule has 0 spiro atoms. The summed E-state index contributed by atoms with van der Waals surface area (Å²) in [5.74, 6) is -0.189. The molecule has 0 saturated heterocycles. The summed E-state index contributed by atoms with van der Waals surface area (Å²) < 4.78 is 0.604. The predicted molar refractivity (Wildman–Crippen MR) is 103 cm³/mol. The number of hydrogen-bond donors (Lipinski definition) is 2. The van der Waals surface area contributed by atoms with E-state index in [-0.39, 0.29) is 17.6 Å². The lowest BCUT2D eigenvalue weighted by atomic mass is 10.3. The van der Waals surface area contributed by atoms with Crippen molar-refractivity contribution < 1.29 is 9.59 Å². The van der Waals surface area contributed by atoms with E-state index in [1.54, 1.807) is 36.4 Å². The van der Waals surface area contributed by atoms with Crippen LogP contribution in [-0.4, -0.2) is 27.8 Å². The van der Waals surface area contributed by atoms with Crippen molar-refractivity contribution in [2.24, 2.45) is 0 Å². The number of carbonyl (C=O) groups excluding carboxylic acids is 2. The molecule has 0 unspecified atom stereocenters. The number of nitrogens with one attached hydrogen (secondary N) is 2. The number of aromatic nitrogens is 2. The lowest BCUT2D eigenvalue weighted by molar-refractivity contribution is -0.113. The zero-order valence-corrected chi connectivity index (χ0v) is 15.8. The van der Waals surface area contributed by atoms with Crippen LogP contribution < -0.4 is 10.6 Å². The van der Waals surface area contributed by atoms with Crippen molar-refractivity contribution in [3.8, 4) is 0 Å². The molecule has 0 saturated carbocycles. The minimum absolute atomic E-state index is 0.160. The third-order valence-corrected chi connectivity index (χ3v) is 5.92. The van der Waals surface area contributed by atoms with Gasteiger partial charge in [0.05, 0.1) is 10.6 Å². The number of anilines is 2. The summed E-state index contributed by atoms with van der Waals surface area (Å²) in [6.45, 7) is 0. The molecule has 1 aromatic carbocycles. The maximum absolute atomic E-state index is 11.9. The fourth-order valence-electron chi connectivity index (χ4n) is 1.74. The molecule has 0 aliphatic carbocycles. The Hall–Kier alpha value is -1.94. The van der Waals surface area contributed by atoms with Gasteiger partial charge >= 0.3 is 0 Å². The Balaban J connectivity index is 1.49. The van der Waals surface area contributed by atoms with Crippen LogP contribution in [0.15, 0.2) is 46.1 Å². The molecule has 0 aliphatic heterocycles. The van der Waals surface area contributed by atoms with Gasteiger partial charge in [-0.1, -0.05) is 40.8 Å². The Labute approximate surface area is 160 Å². The van der Waals surface area contributed by atoms with Crippen LogP contribution in [0.25, 0.3) is 0 Å². The lowest BCUT2D eigenvalue weighted by Gasteiger charge is -2.03. The van der Waals surface area contributed by atoms with Crippen LogP contribution in [-0.2, 0) is 4.79 Å². The molecule has 10 heteroatoms. The highest BCUT2D eigenvalue weighted by Gasteiger charge is 2.12. The Morgan fingerprint density at radius 3 is 2.64 bits per heavy atom. The lowest BCUT2D eigenvalue weighted by Crippen LogP contribution is -2.13. The molecule has 2 heterocycles. The van der Waals surface area contributed by atoms with Gasteiger partial charge in [0.15, 0.2) is 4.34 Å². The number of rotatable bonds is 6. The summed E-state index contributed by atoms with van der Waals surface area (Å²) in [5, 5.41) is 16.2. The Morgan fingerprint density at radius 2 is 1.92 bits per heavy atom. The molecular formula is C15H11ClN4O2S3. The molecule has 0 fully saturated rings. The average molecular weight is 411 g/mol. The monoisotopic (exact) mass is 410 g/mol. The van der Waals surface area contributed by atoms with Gasteiger partial charge in [-0.2, -0.15) is 0 Å². The summed E-state index contributed by atoms with van der Waals surface area (Å²) in [4.78, 5) is 24.5. The number of halogens is 1. The van der Waals surface area contributed by atoms with E-state index in [0.717, 1.165) is 0 Å². The Morgan fingerprint density at radius 1 is 1.12 bits per heavy atom. The summed E-state index contributed by atoms with van der Waals surface area (Å²) >= 11 is 9.63. The van der Waals surface area contributed by atoms with Crippen molar-refractivity contribution in [3.05, 3.63) is 51.7 Å². The van der Waals surface area contributed by atoms with Gasteiger partial charge in [0.25, 0.3) is 5.91 Å². The van der Waals surface area contributed by atoms with E-state index < -0.39 is 0 Å². The SMILES string of the molecule is O=C(CSc1nnc(NC(=O)c2cccs2)s1)Nc1ccc(Cl)cc1. The van der Waals surface area contributed by atoms with E-state index in [2.05, 4.69) is 20.8 Å². The summed E-state index contributed by atoms with van der Waals surface area (Å²) in [6.07, 6.45) is 0. The van der Waals surface area contributed by atoms with Gasteiger partial charge in [0, 0.05) is 10.7 Å². The first-order valence-electron chi connectivity index (χ1n) is 6.97. The van der Waals surface area contributed by atoms with Crippen LogP contribution in [0.4, 0.5) is 10.8 Å². The maximum Gasteiger partial charge on any atom is 0.267 e. The van der Waals surface area contributed by atoms with E-state index >= 15 is 0 Å². The molecule has 128 valence electrons. The molecule has 2 aromatic heterocycles. The zero-order chi connectivity index (χ0) is 17.6. The number of hydrogen-bond acceptors (Lipinski definition) is 7. The fraction of sp³-hybridized carbons (Fsp3) is 0.0667. The second kappa shape index (κ2) is 8.43. The van der Waals surface area contributed by atoms with Crippen LogP contribution in [0.1, 0.15) is 9.67 Å². The first kappa shape index (κ1) is 17.9. The fourth-order valence-corrected chi connectivity index (χ4v) is 4.03.